The SMILES string of the molecule is CC1(COc2ccccc2)CC(=O)NC1=O. The number of benzene rings is 1. The van der Waals surface area contributed by atoms with Crippen LogP contribution in [0.25, 0.3) is 0 Å². The van der Waals surface area contributed by atoms with Crippen molar-refractivity contribution < 1.29 is 14.3 Å². The van der Waals surface area contributed by atoms with Gasteiger partial charge in [0.15, 0.2) is 0 Å². The van der Waals surface area contributed by atoms with Crippen LogP contribution in [0.1, 0.15) is 13.3 Å². The van der Waals surface area contributed by atoms with Crippen LogP contribution in [0, 0.1) is 5.41 Å². The first-order valence-corrected chi connectivity index (χ1v) is 5.12. The predicted molar refractivity (Wildman–Crippen MR) is 57.8 cm³/mol. The molecule has 0 bridgehead atoms. The van der Waals surface area contributed by atoms with Crippen molar-refractivity contribution in [3.8, 4) is 5.75 Å². The zero-order chi connectivity index (χ0) is 11.6. The highest BCUT2D eigenvalue weighted by molar-refractivity contribution is 6.05. The van der Waals surface area contributed by atoms with E-state index in [1.807, 2.05) is 30.3 Å². The molecule has 1 saturated heterocycles. The van der Waals surface area contributed by atoms with Gasteiger partial charge in [-0.2, -0.15) is 0 Å². The number of carbonyl (C=O) groups is 2. The molecule has 1 aliphatic heterocycles. The highest BCUT2D eigenvalue weighted by atomic mass is 16.5. The van der Waals surface area contributed by atoms with E-state index in [1.165, 1.54) is 0 Å². The predicted octanol–water partition coefficient (Wildman–Crippen LogP) is 1.12. The normalized spacial score (nSPS) is 24.3. The van der Waals surface area contributed by atoms with Gasteiger partial charge in [-0.05, 0) is 19.1 Å². The summed E-state index contributed by atoms with van der Waals surface area (Å²) in [5, 5.41) is 2.29. The summed E-state index contributed by atoms with van der Waals surface area (Å²) in [6.45, 7) is 1.95. The molecule has 2 rings (SSSR count). The molecule has 0 aromatic heterocycles. The van der Waals surface area contributed by atoms with Gasteiger partial charge >= 0.3 is 0 Å². The lowest BCUT2D eigenvalue weighted by Gasteiger charge is -2.19. The summed E-state index contributed by atoms with van der Waals surface area (Å²) < 4.78 is 5.50. The summed E-state index contributed by atoms with van der Waals surface area (Å²) in [7, 11) is 0. The fourth-order valence-electron chi connectivity index (χ4n) is 1.63. The van der Waals surface area contributed by atoms with Crippen molar-refractivity contribution >= 4 is 11.8 Å². The van der Waals surface area contributed by atoms with Gasteiger partial charge in [-0.25, -0.2) is 0 Å². The van der Waals surface area contributed by atoms with Gasteiger partial charge in [0.1, 0.15) is 12.4 Å². The minimum absolute atomic E-state index is 0.193. The van der Waals surface area contributed by atoms with Crippen molar-refractivity contribution in [1.29, 1.82) is 0 Å². The van der Waals surface area contributed by atoms with Crippen molar-refractivity contribution in [2.45, 2.75) is 13.3 Å². The molecule has 1 atom stereocenters. The van der Waals surface area contributed by atoms with Crippen LogP contribution in [0.5, 0.6) is 5.75 Å². The molecule has 1 aromatic carbocycles. The van der Waals surface area contributed by atoms with Gasteiger partial charge in [0.2, 0.25) is 11.8 Å². The van der Waals surface area contributed by atoms with Crippen LogP contribution in [-0.4, -0.2) is 18.4 Å². The van der Waals surface area contributed by atoms with Crippen molar-refractivity contribution in [2.75, 3.05) is 6.61 Å². The molecule has 0 saturated carbocycles. The fourth-order valence-corrected chi connectivity index (χ4v) is 1.63. The number of hydrogen-bond donors (Lipinski definition) is 1. The average Bonchev–Trinajstić information content (AvgIpc) is 2.52. The van der Waals surface area contributed by atoms with Crippen LogP contribution in [0.3, 0.4) is 0 Å². The molecule has 1 N–H and O–H groups in total. The molecule has 1 aliphatic rings. The third kappa shape index (κ3) is 2.05. The largest absolute Gasteiger partial charge is 0.492 e. The Morgan fingerprint density at radius 2 is 2.00 bits per heavy atom. The van der Waals surface area contributed by atoms with E-state index in [-0.39, 0.29) is 24.8 Å². The maximum atomic E-state index is 11.5. The van der Waals surface area contributed by atoms with Crippen LogP contribution >= 0.6 is 0 Å². The molecule has 16 heavy (non-hydrogen) atoms. The molecule has 1 heterocycles. The number of para-hydroxylation sites is 1. The average molecular weight is 219 g/mol. The number of imide groups is 1. The van der Waals surface area contributed by atoms with Crippen LogP contribution in [0.4, 0.5) is 0 Å². The van der Waals surface area contributed by atoms with Gasteiger partial charge in [0, 0.05) is 6.42 Å². The Balaban J connectivity index is 2.00. The second kappa shape index (κ2) is 3.96. The lowest BCUT2D eigenvalue weighted by molar-refractivity contribution is -0.129. The molecule has 4 heteroatoms. The quantitative estimate of drug-likeness (QED) is 0.775. The standard InChI is InChI=1S/C12H13NO3/c1-12(7-10(14)13-11(12)15)8-16-9-5-3-2-4-6-9/h2-6H,7-8H2,1H3,(H,13,14,15). The number of amides is 2. The summed E-state index contributed by atoms with van der Waals surface area (Å²) in [5.41, 5.74) is -0.743. The first kappa shape index (κ1) is 10.7. The molecule has 2 amide bonds. The van der Waals surface area contributed by atoms with E-state index in [1.54, 1.807) is 6.92 Å². The molecular formula is C12H13NO3. The summed E-state index contributed by atoms with van der Waals surface area (Å²) in [6, 6.07) is 9.24. The van der Waals surface area contributed by atoms with Crippen LogP contribution in [-0.2, 0) is 9.59 Å². The smallest absolute Gasteiger partial charge is 0.236 e. The van der Waals surface area contributed by atoms with Crippen molar-refractivity contribution in [3.05, 3.63) is 30.3 Å². The minimum Gasteiger partial charge on any atom is -0.492 e. The van der Waals surface area contributed by atoms with Gasteiger partial charge < -0.3 is 4.74 Å². The first-order valence-electron chi connectivity index (χ1n) is 5.12. The Morgan fingerprint density at radius 3 is 2.56 bits per heavy atom. The molecule has 0 spiro atoms. The number of nitrogens with one attached hydrogen (secondary N) is 1. The lowest BCUT2D eigenvalue weighted by Crippen LogP contribution is -2.34. The zero-order valence-corrected chi connectivity index (χ0v) is 9.03. The molecule has 4 nitrogen and oxygen atoms in total. The molecule has 0 aliphatic carbocycles. The lowest BCUT2D eigenvalue weighted by atomic mass is 9.90. The highest BCUT2D eigenvalue weighted by Gasteiger charge is 2.43. The summed E-state index contributed by atoms with van der Waals surface area (Å²) >= 11 is 0. The first-order chi connectivity index (χ1) is 7.60. The number of rotatable bonds is 3. The monoisotopic (exact) mass is 219 g/mol. The number of carbonyl (C=O) groups excluding carboxylic acids is 2. The van der Waals surface area contributed by atoms with Gasteiger partial charge in [-0.15, -0.1) is 0 Å². The summed E-state index contributed by atoms with van der Waals surface area (Å²) in [4.78, 5) is 22.6. The Hall–Kier alpha value is -1.84. The second-order valence-electron chi connectivity index (χ2n) is 4.22. The maximum absolute atomic E-state index is 11.5. The summed E-state index contributed by atoms with van der Waals surface area (Å²) in [5.74, 6) is 0.216. The molecule has 0 radical (unpaired) electrons. The molecular weight excluding hydrogens is 206 g/mol. The maximum Gasteiger partial charge on any atom is 0.236 e. The Labute approximate surface area is 93.6 Å². The Bertz CT molecular complexity index is 416. The molecule has 84 valence electrons. The van der Waals surface area contributed by atoms with Crippen molar-refractivity contribution in [2.24, 2.45) is 5.41 Å². The fraction of sp³-hybridized carbons (Fsp3) is 0.333. The molecule has 1 unspecified atom stereocenters. The van der Waals surface area contributed by atoms with Crippen LogP contribution in [0.2, 0.25) is 0 Å². The molecule has 1 fully saturated rings. The van der Waals surface area contributed by atoms with Crippen molar-refractivity contribution in [1.82, 2.24) is 5.32 Å². The van der Waals surface area contributed by atoms with Crippen LogP contribution in [0.15, 0.2) is 30.3 Å². The van der Waals surface area contributed by atoms with Gasteiger partial charge in [-0.1, -0.05) is 18.2 Å². The topological polar surface area (TPSA) is 55.4 Å². The number of hydrogen-bond acceptors (Lipinski definition) is 3. The summed E-state index contributed by atoms with van der Waals surface area (Å²) in [6.07, 6.45) is 0.193. The van der Waals surface area contributed by atoms with Gasteiger partial charge in [0.25, 0.3) is 0 Å². The Kier molecular flexibility index (Phi) is 2.64. The van der Waals surface area contributed by atoms with E-state index in [0.29, 0.717) is 5.75 Å². The zero-order valence-electron chi connectivity index (χ0n) is 9.03. The van der Waals surface area contributed by atoms with E-state index in [2.05, 4.69) is 5.32 Å². The van der Waals surface area contributed by atoms with E-state index >= 15 is 0 Å². The molecule has 1 aromatic rings. The number of ether oxygens (including phenoxy) is 1. The van der Waals surface area contributed by atoms with Crippen molar-refractivity contribution in [3.63, 3.8) is 0 Å². The van der Waals surface area contributed by atoms with E-state index in [4.69, 9.17) is 4.74 Å². The van der Waals surface area contributed by atoms with E-state index < -0.39 is 5.41 Å². The van der Waals surface area contributed by atoms with E-state index in [9.17, 15) is 9.59 Å². The Morgan fingerprint density at radius 1 is 1.31 bits per heavy atom. The third-order valence-corrected chi connectivity index (χ3v) is 2.65. The van der Waals surface area contributed by atoms with E-state index in [0.717, 1.165) is 0 Å². The second-order valence-corrected chi connectivity index (χ2v) is 4.22. The van der Waals surface area contributed by atoms with Crippen LogP contribution < -0.4 is 10.1 Å². The van der Waals surface area contributed by atoms with Gasteiger partial charge in [-0.3, -0.25) is 14.9 Å². The highest BCUT2D eigenvalue weighted by Crippen LogP contribution is 2.27. The third-order valence-electron chi connectivity index (χ3n) is 2.65. The van der Waals surface area contributed by atoms with Gasteiger partial charge in [0.05, 0.1) is 5.41 Å². The minimum atomic E-state index is -0.743.